The van der Waals surface area contributed by atoms with E-state index < -0.39 is 0 Å². The van der Waals surface area contributed by atoms with E-state index in [1.807, 2.05) is 6.07 Å². The molecule has 13 heavy (non-hydrogen) atoms. The van der Waals surface area contributed by atoms with Crippen LogP contribution in [-0.2, 0) is 6.42 Å². The molecule has 1 fully saturated rings. The van der Waals surface area contributed by atoms with Gasteiger partial charge in [0.2, 0.25) is 0 Å². The molecule has 0 spiro atoms. The number of nitrogens with zero attached hydrogens (tertiary/aromatic N) is 1. The van der Waals surface area contributed by atoms with Crippen LogP contribution in [0.15, 0.2) is 6.07 Å². The van der Waals surface area contributed by atoms with Gasteiger partial charge in [0.15, 0.2) is 5.15 Å². The Balaban J connectivity index is 1.89. The van der Waals surface area contributed by atoms with Crippen LogP contribution >= 0.6 is 11.6 Å². The molecule has 0 atom stereocenters. The van der Waals surface area contributed by atoms with Crippen LogP contribution in [0.2, 0.25) is 5.15 Å². The van der Waals surface area contributed by atoms with Gasteiger partial charge in [-0.25, -0.2) is 0 Å². The SMILES string of the molecule is Clc1cc(CC2CCNCC2)[nH]n1. The molecule has 0 amide bonds. The topological polar surface area (TPSA) is 40.7 Å². The zero-order valence-electron chi connectivity index (χ0n) is 7.52. The normalized spacial score (nSPS) is 19.2. The smallest absolute Gasteiger partial charge is 0.151 e. The van der Waals surface area contributed by atoms with Crippen molar-refractivity contribution < 1.29 is 0 Å². The average molecular weight is 200 g/mol. The summed E-state index contributed by atoms with van der Waals surface area (Å²) in [6.45, 7) is 2.29. The number of halogens is 1. The summed E-state index contributed by atoms with van der Waals surface area (Å²) in [6, 6.07) is 1.92. The first-order valence-electron chi connectivity index (χ1n) is 4.75. The monoisotopic (exact) mass is 199 g/mol. The molecule has 1 aromatic rings. The van der Waals surface area contributed by atoms with E-state index in [2.05, 4.69) is 15.5 Å². The fourth-order valence-electron chi connectivity index (χ4n) is 1.83. The van der Waals surface area contributed by atoms with Gasteiger partial charge in [0.05, 0.1) is 0 Å². The molecule has 0 saturated carbocycles. The van der Waals surface area contributed by atoms with Gasteiger partial charge >= 0.3 is 0 Å². The molecule has 2 heterocycles. The fraction of sp³-hybridized carbons (Fsp3) is 0.667. The van der Waals surface area contributed by atoms with Crippen molar-refractivity contribution in [3.8, 4) is 0 Å². The van der Waals surface area contributed by atoms with E-state index in [4.69, 9.17) is 11.6 Å². The summed E-state index contributed by atoms with van der Waals surface area (Å²) in [5.74, 6) is 0.790. The van der Waals surface area contributed by atoms with Gasteiger partial charge in [-0.2, -0.15) is 5.10 Å². The summed E-state index contributed by atoms with van der Waals surface area (Å²) in [7, 11) is 0. The molecule has 2 rings (SSSR count). The number of piperidine rings is 1. The van der Waals surface area contributed by atoms with E-state index >= 15 is 0 Å². The average Bonchev–Trinajstić information content (AvgIpc) is 2.53. The van der Waals surface area contributed by atoms with Crippen molar-refractivity contribution in [3.05, 3.63) is 16.9 Å². The quantitative estimate of drug-likeness (QED) is 0.760. The van der Waals surface area contributed by atoms with Crippen LogP contribution < -0.4 is 5.32 Å². The first-order valence-corrected chi connectivity index (χ1v) is 5.13. The summed E-state index contributed by atoms with van der Waals surface area (Å²) >= 11 is 5.72. The molecule has 72 valence electrons. The lowest BCUT2D eigenvalue weighted by Crippen LogP contribution is -2.28. The Morgan fingerprint density at radius 3 is 2.85 bits per heavy atom. The van der Waals surface area contributed by atoms with Crippen molar-refractivity contribution in [2.24, 2.45) is 5.92 Å². The highest BCUT2D eigenvalue weighted by molar-refractivity contribution is 6.29. The predicted molar refractivity (Wildman–Crippen MR) is 52.9 cm³/mol. The molecule has 0 bridgehead atoms. The lowest BCUT2D eigenvalue weighted by molar-refractivity contribution is 0.370. The maximum atomic E-state index is 5.72. The van der Waals surface area contributed by atoms with Crippen LogP contribution in [0.1, 0.15) is 18.5 Å². The maximum Gasteiger partial charge on any atom is 0.151 e. The van der Waals surface area contributed by atoms with Gasteiger partial charge in [-0.15, -0.1) is 0 Å². The van der Waals surface area contributed by atoms with E-state index in [9.17, 15) is 0 Å². The highest BCUT2D eigenvalue weighted by atomic mass is 35.5. The van der Waals surface area contributed by atoms with Gasteiger partial charge < -0.3 is 5.32 Å². The lowest BCUT2D eigenvalue weighted by atomic mass is 9.93. The second-order valence-corrected chi connectivity index (χ2v) is 4.00. The lowest BCUT2D eigenvalue weighted by Gasteiger charge is -2.21. The highest BCUT2D eigenvalue weighted by Gasteiger charge is 2.14. The number of aromatic amines is 1. The Hall–Kier alpha value is -0.540. The zero-order valence-corrected chi connectivity index (χ0v) is 8.27. The summed E-state index contributed by atoms with van der Waals surface area (Å²) in [5, 5.41) is 10.8. The van der Waals surface area contributed by atoms with E-state index in [1.54, 1.807) is 0 Å². The molecule has 2 N–H and O–H groups in total. The molecular formula is C9H14ClN3. The summed E-state index contributed by atoms with van der Waals surface area (Å²) in [6.07, 6.45) is 3.61. The third-order valence-electron chi connectivity index (χ3n) is 2.57. The van der Waals surface area contributed by atoms with E-state index in [-0.39, 0.29) is 0 Å². The van der Waals surface area contributed by atoms with Crippen LogP contribution in [0.4, 0.5) is 0 Å². The molecule has 1 saturated heterocycles. The number of H-pyrrole nitrogens is 1. The number of aromatic nitrogens is 2. The summed E-state index contributed by atoms with van der Waals surface area (Å²) in [5.41, 5.74) is 1.16. The Labute approximate surface area is 82.9 Å². The molecule has 4 heteroatoms. The minimum atomic E-state index is 0.573. The minimum Gasteiger partial charge on any atom is -0.317 e. The predicted octanol–water partition coefficient (Wildman–Crippen LogP) is 1.61. The second-order valence-electron chi connectivity index (χ2n) is 3.61. The van der Waals surface area contributed by atoms with Crippen LogP contribution in [0.5, 0.6) is 0 Å². The largest absolute Gasteiger partial charge is 0.317 e. The van der Waals surface area contributed by atoms with Gasteiger partial charge in [-0.3, -0.25) is 5.10 Å². The minimum absolute atomic E-state index is 0.573. The van der Waals surface area contributed by atoms with Crippen molar-refractivity contribution in [1.29, 1.82) is 0 Å². The third-order valence-corrected chi connectivity index (χ3v) is 2.76. The molecule has 0 unspecified atom stereocenters. The number of hydrogen-bond donors (Lipinski definition) is 2. The van der Waals surface area contributed by atoms with Gasteiger partial charge in [0, 0.05) is 5.69 Å². The molecule has 0 aliphatic carbocycles. The zero-order chi connectivity index (χ0) is 9.10. The maximum absolute atomic E-state index is 5.72. The van der Waals surface area contributed by atoms with E-state index in [0.29, 0.717) is 5.15 Å². The standard InChI is InChI=1S/C9H14ClN3/c10-9-6-8(12-13-9)5-7-1-3-11-4-2-7/h6-7,11H,1-5H2,(H,12,13). The second kappa shape index (κ2) is 4.11. The van der Waals surface area contributed by atoms with Crippen molar-refractivity contribution in [3.63, 3.8) is 0 Å². The fourth-order valence-corrected chi connectivity index (χ4v) is 2.01. The third kappa shape index (κ3) is 2.45. The van der Waals surface area contributed by atoms with E-state index in [1.165, 1.54) is 12.8 Å². The van der Waals surface area contributed by atoms with Crippen LogP contribution in [0.25, 0.3) is 0 Å². The summed E-state index contributed by atoms with van der Waals surface area (Å²) in [4.78, 5) is 0. The van der Waals surface area contributed by atoms with Crippen molar-refractivity contribution in [2.45, 2.75) is 19.3 Å². The molecular weight excluding hydrogens is 186 g/mol. The highest BCUT2D eigenvalue weighted by Crippen LogP contribution is 2.18. The van der Waals surface area contributed by atoms with Gasteiger partial charge in [-0.05, 0) is 44.3 Å². The Morgan fingerprint density at radius 2 is 2.23 bits per heavy atom. The first kappa shape index (κ1) is 9.03. The van der Waals surface area contributed by atoms with Crippen LogP contribution in [-0.4, -0.2) is 23.3 Å². The first-order chi connectivity index (χ1) is 6.34. The Kier molecular flexibility index (Phi) is 2.86. The van der Waals surface area contributed by atoms with Crippen LogP contribution in [0, 0.1) is 5.92 Å². The number of rotatable bonds is 2. The van der Waals surface area contributed by atoms with Crippen molar-refractivity contribution in [2.75, 3.05) is 13.1 Å². The molecule has 3 nitrogen and oxygen atoms in total. The number of nitrogens with one attached hydrogen (secondary N) is 2. The van der Waals surface area contributed by atoms with Gasteiger partial charge in [-0.1, -0.05) is 11.6 Å². The van der Waals surface area contributed by atoms with Crippen molar-refractivity contribution >= 4 is 11.6 Å². The molecule has 1 aliphatic rings. The van der Waals surface area contributed by atoms with Crippen LogP contribution in [0.3, 0.4) is 0 Å². The van der Waals surface area contributed by atoms with Crippen molar-refractivity contribution in [1.82, 2.24) is 15.5 Å². The summed E-state index contributed by atoms with van der Waals surface area (Å²) < 4.78 is 0. The molecule has 0 aromatic carbocycles. The van der Waals surface area contributed by atoms with Gasteiger partial charge in [0.1, 0.15) is 0 Å². The molecule has 1 aliphatic heterocycles. The Bertz CT molecular complexity index is 266. The number of hydrogen-bond acceptors (Lipinski definition) is 2. The van der Waals surface area contributed by atoms with Gasteiger partial charge in [0.25, 0.3) is 0 Å². The molecule has 1 aromatic heterocycles. The molecule has 0 radical (unpaired) electrons. The Morgan fingerprint density at radius 1 is 1.46 bits per heavy atom. The van der Waals surface area contributed by atoms with E-state index in [0.717, 1.165) is 31.1 Å².